The van der Waals surface area contributed by atoms with E-state index in [1.165, 1.54) is 193 Å². The normalized spacial score (nSPS) is 13.0. The van der Waals surface area contributed by atoms with Crippen molar-refractivity contribution in [2.75, 3.05) is 13.1 Å². The summed E-state index contributed by atoms with van der Waals surface area (Å²) < 4.78 is 15.5. The molecule has 1 aromatic carbocycles. The van der Waals surface area contributed by atoms with Crippen molar-refractivity contribution in [3.63, 3.8) is 0 Å². The van der Waals surface area contributed by atoms with Crippen LogP contribution < -0.4 is 5.30 Å². The van der Waals surface area contributed by atoms with Crippen molar-refractivity contribution in [3.05, 3.63) is 30.3 Å². The summed E-state index contributed by atoms with van der Waals surface area (Å²) in [4.78, 5) is 11.2. The Morgan fingerprint density at radius 3 is 0.913 bits per heavy atom. The summed E-state index contributed by atoms with van der Waals surface area (Å²) in [6.45, 7) is 6.05. The maximum atomic E-state index is 13.6. The van der Waals surface area contributed by atoms with E-state index in [-0.39, 0.29) is 0 Å². The molecule has 0 radical (unpaired) electrons. The van der Waals surface area contributed by atoms with Crippen LogP contribution in [0.1, 0.15) is 219 Å². The Balaban J connectivity index is 2.12. The van der Waals surface area contributed by atoms with Gasteiger partial charge in [0.25, 0.3) is 7.52 Å². The lowest BCUT2D eigenvalue weighted by Crippen LogP contribution is -2.28. The van der Waals surface area contributed by atoms with E-state index < -0.39 is 7.52 Å². The van der Waals surface area contributed by atoms with E-state index in [1.807, 2.05) is 35.0 Å². The zero-order valence-electron chi connectivity index (χ0n) is 31.2. The predicted octanol–water partition coefficient (Wildman–Crippen LogP) is 14.3. The van der Waals surface area contributed by atoms with Gasteiger partial charge < -0.3 is 4.89 Å². The molecule has 0 heterocycles. The van der Waals surface area contributed by atoms with Crippen molar-refractivity contribution in [1.82, 2.24) is 4.67 Å². The first-order valence-corrected chi connectivity index (χ1v) is 22.4. The van der Waals surface area contributed by atoms with Crippen molar-refractivity contribution in [3.8, 4) is 0 Å². The molecule has 1 unspecified atom stereocenters. The van der Waals surface area contributed by atoms with Crippen LogP contribution in [0.5, 0.6) is 0 Å². The monoisotopic (exact) mass is 662 g/mol. The Bertz CT molecular complexity index is 749. The molecule has 46 heavy (non-hydrogen) atoms. The molecular weight excluding hydrogens is 581 g/mol. The van der Waals surface area contributed by atoms with E-state index in [1.54, 1.807) is 0 Å². The second-order valence-electron chi connectivity index (χ2n) is 14.4. The first-order valence-electron chi connectivity index (χ1n) is 20.8. The van der Waals surface area contributed by atoms with E-state index in [2.05, 4.69) is 13.8 Å². The summed E-state index contributed by atoms with van der Waals surface area (Å²) in [5.41, 5.74) is 0. The lowest BCUT2D eigenvalue weighted by Gasteiger charge is -2.27. The lowest BCUT2D eigenvalue weighted by molar-refractivity contribution is 0.338. The smallest absolute Gasteiger partial charge is 0.299 e. The molecule has 0 aliphatic carbocycles. The van der Waals surface area contributed by atoms with Gasteiger partial charge in [0.2, 0.25) is 0 Å². The molecule has 3 nitrogen and oxygen atoms in total. The average molecular weight is 662 g/mol. The highest BCUT2D eigenvalue weighted by Gasteiger charge is 2.29. The van der Waals surface area contributed by atoms with Crippen LogP contribution in [0.3, 0.4) is 0 Å². The largest absolute Gasteiger partial charge is 0.330 e. The standard InChI is InChI=1S/C42H80NO2P/c1-3-5-7-9-11-13-15-17-19-21-23-25-27-29-31-36-40-43(46(44,45)42-38-34-33-35-39-42)41-37-32-30-28-26-24-22-20-18-16-14-12-10-8-6-4-2/h33-35,38-39H,3-32,36-37,40-41H2,1-2H3,(H,44,45). The first-order chi connectivity index (χ1) is 22.6. The Labute approximate surface area is 289 Å². The highest BCUT2D eigenvalue weighted by Crippen LogP contribution is 2.44. The number of nitrogens with zero attached hydrogens (tertiary/aromatic N) is 1. The van der Waals surface area contributed by atoms with Crippen LogP contribution >= 0.6 is 7.52 Å². The molecule has 0 bridgehead atoms. The van der Waals surface area contributed by atoms with E-state index >= 15 is 0 Å². The molecule has 1 atom stereocenters. The molecule has 4 heteroatoms. The fourth-order valence-electron chi connectivity index (χ4n) is 6.85. The molecular formula is C42H80NO2P. The average Bonchev–Trinajstić information content (AvgIpc) is 3.07. The second-order valence-corrected chi connectivity index (χ2v) is 16.6. The predicted molar refractivity (Wildman–Crippen MR) is 207 cm³/mol. The zero-order chi connectivity index (χ0) is 33.2. The highest BCUT2D eigenvalue weighted by molar-refractivity contribution is 7.63. The highest BCUT2D eigenvalue weighted by atomic mass is 31.2. The van der Waals surface area contributed by atoms with Gasteiger partial charge in [0.15, 0.2) is 0 Å². The summed E-state index contributed by atoms with van der Waals surface area (Å²) in [5, 5.41) is 0.586. The van der Waals surface area contributed by atoms with Crippen LogP contribution in [-0.4, -0.2) is 22.7 Å². The maximum absolute atomic E-state index is 13.6. The van der Waals surface area contributed by atoms with Gasteiger partial charge in [0, 0.05) is 13.1 Å². The van der Waals surface area contributed by atoms with Gasteiger partial charge in [-0.2, -0.15) is 0 Å². The minimum atomic E-state index is -3.50. The van der Waals surface area contributed by atoms with Crippen molar-refractivity contribution in [2.24, 2.45) is 0 Å². The van der Waals surface area contributed by atoms with Crippen LogP contribution in [0.15, 0.2) is 30.3 Å². The minimum absolute atomic E-state index is 0.586. The summed E-state index contributed by atoms with van der Waals surface area (Å²) in [7, 11) is -3.50. The third-order valence-corrected chi connectivity index (χ3v) is 12.2. The number of benzene rings is 1. The Morgan fingerprint density at radius 2 is 0.652 bits per heavy atom. The SMILES string of the molecule is CCCCCCCCCCCCCCCCCCN(CCCCCCCCCCCCCCCCCC)P(=O)(O)c1ccccc1. The van der Waals surface area contributed by atoms with Gasteiger partial charge in [0.05, 0.1) is 5.30 Å². The van der Waals surface area contributed by atoms with Crippen molar-refractivity contribution in [2.45, 2.75) is 219 Å². The zero-order valence-corrected chi connectivity index (χ0v) is 32.1. The van der Waals surface area contributed by atoms with Gasteiger partial charge in [-0.1, -0.05) is 225 Å². The molecule has 270 valence electrons. The van der Waals surface area contributed by atoms with Crippen LogP contribution in [0.2, 0.25) is 0 Å². The number of hydrogen-bond donors (Lipinski definition) is 1. The van der Waals surface area contributed by atoms with Gasteiger partial charge in [-0.25, -0.2) is 4.67 Å². The fraction of sp³-hybridized carbons (Fsp3) is 0.857. The van der Waals surface area contributed by atoms with E-state index in [9.17, 15) is 9.46 Å². The molecule has 0 saturated heterocycles. The number of hydrogen-bond acceptors (Lipinski definition) is 1. The Kier molecular flexibility index (Phi) is 31.0. The Hall–Kier alpha value is -0.630. The van der Waals surface area contributed by atoms with Crippen molar-refractivity contribution in [1.29, 1.82) is 0 Å². The number of rotatable bonds is 36. The first kappa shape index (κ1) is 43.4. The second kappa shape index (κ2) is 32.9. The fourth-order valence-corrected chi connectivity index (χ4v) is 8.57. The Morgan fingerprint density at radius 1 is 0.413 bits per heavy atom. The summed E-state index contributed by atoms with van der Waals surface area (Å²) in [6.07, 6.45) is 43.3. The molecule has 0 saturated carbocycles. The van der Waals surface area contributed by atoms with Crippen LogP contribution in [0.25, 0.3) is 0 Å². The number of unbranched alkanes of at least 4 members (excludes halogenated alkanes) is 30. The molecule has 0 aromatic heterocycles. The molecule has 0 amide bonds. The third kappa shape index (κ3) is 25.4. The molecule has 1 rings (SSSR count). The summed E-state index contributed by atoms with van der Waals surface area (Å²) in [5.74, 6) is 0. The van der Waals surface area contributed by atoms with Gasteiger partial charge in [-0.3, -0.25) is 4.57 Å². The van der Waals surface area contributed by atoms with Crippen molar-refractivity contribution < 1.29 is 9.46 Å². The molecule has 0 fully saturated rings. The molecule has 0 aliphatic rings. The van der Waals surface area contributed by atoms with Crippen LogP contribution in [0, 0.1) is 0 Å². The topological polar surface area (TPSA) is 40.5 Å². The molecule has 0 spiro atoms. The van der Waals surface area contributed by atoms with Gasteiger partial charge in [0.1, 0.15) is 0 Å². The van der Waals surface area contributed by atoms with E-state index in [0.717, 1.165) is 25.9 Å². The molecule has 1 N–H and O–H groups in total. The van der Waals surface area contributed by atoms with E-state index in [4.69, 9.17) is 0 Å². The van der Waals surface area contributed by atoms with E-state index in [0.29, 0.717) is 5.30 Å². The summed E-state index contributed by atoms with van der Waals surface area (Å²) >= 11 is 0. The lowest BCUT2D eigenvalue weighted by atomic mass is 10.0. The van der Waals surface area contributed by atoms with Gasteiger partial charge >= 0.3 is 0 Å². The summed E-state index contributed by atoms with van der Waals surface area (Å²) in [6, 6.07) is 9.36. The van der Waals surface area contributed by atoms with Gasteiger partial charge in [-0.15, -0.1) is 0 Å². The minimum Gasteiger partial charge on any atom is -0.330 e. The van der Waals surface area contributed by atoms with Crippen LogP contribution in [-0.2, 0) is 4.57 Å². The van der Waals surface area contributed by atoms with Gasteiger partial charge in [-0.05, 0) is 25.0 Å². The third-order valence-electron chi connectivity index (χ3n) is 10.0. The molecule has 0 aliphatic heterocycles. The maximum Gasteiger partial charge on any atom is 0.299 e. The quantitative estimate of drug-likeness (QED) is 0.0575. The van der Waals surface area contributed by atoms with Crippen molar-refractivity contribution >= 4 is 12.8 Å². The molecule has 1 aromatic rings. The van der Waals surface area contributed by atoms with Crippen LogP contribution in [0.4, 0.5) is 0 Å².